The molecule has 0 fully saturated rings. The molecule has 0 bridgehead atoms. The molecule has 1 atom stereocenters. The Bertz CT molecular complexity index is 625. The van der Waals surface area contributed by atoms with Crippen molar-refractivity contribution in [3.05, 3.63) is 32.8 Å². The average Bonchev–Trinajstić information content (AvgIpc) is 2.92. The Morgan fingerprint density at radius 3 is 2.62 bits per heavy atom. The first-order chi connectivity index (χ1) is 9.88. The predicted molar refractivity (Wildman–Crippen MR) is 86.9 cm³/mol. The fourth-order valence-corrected chi connectivity index (χ4v) is 3.38. The van der Waals surface area contributed by atoms with Crippen molar-refractivity contribution in [3.8, 4) is 0 Å². The summed E-state index contributed by atoms with van der Waals surface area (Å²) < 4.78 is 0. The van der Waals surface area contributed by atoms with Gasteiger partial charge in [0, 0.05) is 15.8 Å². The zero-order chi connectivity index (χ0) is 15.6. The number of aromatic nitrogens is 2. The highest BCUT2D eigenvalue weighted by molar-refractivity contribution is 7.12. The van der Waals surface area contributed by atoms with E-state index in [2.05, 4.69) is 47.7 Å². The number of aryl methyl sites for hydroxylation is 4. The molecule has 0 saturated heterocycles. The maximum Gasteiger partial charge on any atom is 0.238 e. The highest BCUT2D eigenvalue weighted by atomic mass is 32.1. The van der Waals surface area contributed by atoms with Crippen molar-refractivity contribution >= 4 is 22.9 Å². The molecule has 0 aromatic carbocycles. The summed E-state index contributed by atoms with van der Waals surface area (Å²) in [6.45, 7) is 10.3. The summed E-state index contributed by atoms with van der Waals surface area (Å²) >= 11 is 1.79. The number of carbonyl (C=O) groups is 1. The lowest BCUT2D eigenvalue weighted by Crippen LogP contribution is -2.30. The molecule has 0 aliphatic rings. The zero-order valence-corrected chi connectivity index (χ0v) is 13.9. The monoisotopic (exact) mass is 306 g/mol. The number of rotatable bonds is 5. The van der Waals surface area contributed by atoms with Crippen LogP contribution in [0.2, 0.25) is 0 Å². The molecule has 0 aliphatic carbocycles. The number of hydrogen-bond donors (Lipinski definition) is 3. The molecule has 1 unspecified atom stereocenters. The number of hydrogen-bond acceptors (Lipinski definition) is 4. The molecule has 114 valence electrons. The van der Waals surface area contributed by atoms with E-state index in [1.807, 2.05) is 13.8 Å². The van der Waals surface area contributed by atoms with E-state index < -0.39 is 0 Å². The number of aromatic amines is 1. The van der Waals surface area contributed by atoms with Gasteiger partial charge in [-0.05, 0) is 46.2 Å². The lowest BCUT2D eigenvalue weighted by molar-refractivity contribution is -0.115. The van der Waals surface area contributed by atoms with E-state index >= 15 is 0 Å². The highest BCUT2D eigenvalue weighted by Crippen LogP contribution is 2.26. The lowest BCUT2D eigenvalue weighted by Gasteiger charge is -2.14. The van der Waals surface area contributed by atoms with Crippen LogP contribution in [0.25, 0.3) is 0 Å². The molecule has 2 rings (SSSR count). The van der Waals surface area contributed by atoms with Crippen LogP contribution in [-0.2, 0) is 4.79 Å². The van der Waals surface area contributed by atoms with Gasteiger partial charge in [0.15, 0.2) is 0 Å². The first-order valence-electron chi connectivity index (χ1n) is 7.00. The number of H-pyrrole nitrogens is 1. The van der Waals surface area contributed by atoms with E-state index in [-0.39, 0.29) is 18.5 Å². The third-order valence-electron chi connectivity index (χ3n) is 3.51. The summed E-state index contributed by atoms with van der Waals surface area (Å²) in [7, 11) is 0. The number of carbonyl (C=O) groups excluding carboxylic acids is 1. The maximum atomic E-state index is 12.0. The largest absolute Gasteiger partial charge is 0.322 e. The molecule has 2 aromatic heterocycles. The zero-order valence-electron chi connectivity index (χ0n) is 13.1. The molecule has 21 heavy (non-hydrogen) atoms. The first kappa shape index (κ1) is 15.7. The van der Waals surface area contributed by atoms with Crippen LogP contribution in [0.1, 0.15) is 39.7 Å². The standard InChI is InChI=1S/C15H22N4OS/c1-8-6-13(12(5)21-8)9(2)16-7-14(20)17-15-10(3)18-19-11(15)4/h6,9,16H,7H2,1-5H3,(H,17,20)(H,18,19). The Morgan fingerprint density at radius 1 is 1.38 bits per heavy atom. The minimum Gasteiger partial charge on any atom is -0.322 e. The van der Waals surface area contributed by atoms with E-state index in [9.17, 15) is 4.79 Å². The second-order valence-corrected chi connectivity index (χ2v) is 6.79. The number of anilines is 1. The Hall–Kier alpha value is -1.66. The Labute approximate surface area is 129 Å². The minimum atomic E-state index is -0.0564. The number of amides is 1. The summed E-state index contributed by atoms with van der Waals surface area (Å²) in [5.41, 5.74) is 3.72. The molecule has 6 heteroatoms. The van der Waals surface area contributed by atoms with Crippen LogP contribution >= 0.6 is 11.3 Å². The molecule has 0 saturated carbocycles. The highest BCUT2D eigenvalue weighted by Gasteiger charge is 2.14. The van der Waals surface area contributed by atoms with Crippen molar-refractivity contribution in [2.24, 2.45) is 0 Å². The second kappa shape index (κ2) is 6.41. The number of nitrogens with zero attached hydrogens (tertiary/aromatic N) is 1. The van der Waals surface area contributed by atoms with Gasteiger partial charge in [-0.1, -0.05) is 0 Å². The van der Waals surface area contributed by atoms with Crippen LogP contribution in [0.15, 0.2) is 6.07 Å². The Morgan fingerprint density at radius 2 is 2.10 bits per heavy atom. The average molecular weight is 306 g/mol. The van der Waals surface area contributed by atoms with Gasteiger partial charge in [-0.3, -0.25) is 9.89 Å². The summed E-state index contributed by atoms with van der Waals surface area (Å²) in [5, 5.41) is 13.1. The smallest absolute Gasteiger partial charge is 0.238 e. The topological polar surface area (TPSA) is 69.8 Å². The summed E-state index contributed by atoms with van der Waals surface area (Å²) in [6, 6.07) is 2.34. The maximum absolute atomic E-state index is 12.0. The molecular formula is C15H22N4OS. The second-order valence-electron chi connectivity index (χ2n) is 5.33. The molecule has 5 nitrogen and oxygen atoms in total. The fourth-order valence-electron chi connectivity index (χ4n) is 2.35. The molecular weight excluding hydrogens is 284 g/mol. The van der Waals surface area contributed by atoms with Gasteiger partial charge in [0.05, 0.1) is 23.6 Å². The lowest BCUT2D eigenvalue weighted by atomic mass is 10.1. The van der Waals surface area contributed by atoms with Crippen molar-refractivity contribution < 1.29 is 4.79 Å². The Kier molecular flexibility index (Phi) is 4.80. The van der Waals surface area contributed by atoms with Gasteiger partial charge in [-0.2, -0.15) is 5.10 Å². The number of nitrogens with one attached hydrogen (secondary N) is 3. The quantitative estimate of drug-likeness (QED) is 0.795. The minimum absolute atomic E-state index is 0.0564. The normalized spacial score (nSPS) is 12.4. The summed E-state index contributed by atoms with van der Waals surface area (Å²) in [5.74, 6) is -0.0564. The van der Waals surface area contributed by atoms with Crippen LogP contribution in [0.3, 0.4) is 0 Å². The predicted octanol–water partition coefficient (Wildman–Crippen LogP) is 2.99. The third kappa shape index (κ3) is 3.71. The SMILES string of the molecule is Cc1cc(C(C)NCC(=O)Nc2c(C)n[nH]c2C)c(C)s1. The fraction of sp³-hybridized carbons (Fsp3) is 0.467. The first-order valence-corrected chi connectivity index (χ1v) is 7.82. The van der Waals surface area contributed by atoms with E-state index in [0.717, 1.165) is 17.1 Å². The van der Waals surface area contributed by atoms with Crippen molar-refractivity contribution in [1.29, 1.82) is 0 Å². The van der Waals surface area contributed by atoms with Gasteiger partial charge in [0.2, 0.25) is 5.91 Å². The van der Waals surface area contributed by atoms with Gasteiger partial charge >= 0.3 is 0 Å². The van der Waals surface area contributed by atoms with E-state index in [1.54, 1.807) is 11.3 Å². The van der Waals surface area contributed by atoms with Crippen LogP contribution in [0.5, 0.6) is 0 Å². The molecule has 3 N–H and O–H groups in total. The van der Waals surface area contributed by atoms with Crippen LogP contribution < -0.4 is 10.6 Å². The van der Waals surface area contributed by atoms with Crippen molar-refractivity contribution in [2.45, 2.75) is 40.7 Å². The molecule has 2 heterocycles. The van der Waals surface area contributed by atoms with Gasteiger partial charge in [-0.25, -0.2) is 0 Å². The van der Waals surface area contributed by atoms with Crippen molar-refractivity contribution in [2.75, 3.05) is 11.9 Å². The van der Waals surface area contributed by atoms with Gasteiger partial charge < -0.3 is 10.6 Å². The van der Waals surface area contributed by atoms with E-state index in [1.165, 1.54) is 15.3 Å². The third-order valence-corrected chi connectivity index (χ3v) is 4.49. The van der Waals surface area contributed by atoms with Crippen LogP contribution in [-0.4, -0.2) is 22.6 Å². The molecule has 0 spiro atoms. The van der Waals surface area contributed by atoms with Gasteiger partial charge in [0.25, 0.3) is 0 Å². The van der Waals surface area contributed by atoms with Crippen molar-refractivity contribution in [3.63, 3.8) is 0 Å². The summed E-state index contributed by atoms with van der Waals surface area (Å²) in [6.07, 6.45) is 0. The number of thiophene rings is 1. The van der Waals surface area contributed by atoms with Crippen molar-refractivity contribution in [1.82, 2.24) is 15.5 Å². The molecule has 2 aromatic rings. The van der Waals surface area contributed by atoms with Gasteiger partial charge in [-0.15, -0.1) is 11.3 Å². The molecule has 1 amide bonds. The van der Waals surface area contributed by atoms with Gasteiger partial charge in [0.1, 0.15) is 0 Å². The van der Waals surface area contributed by atoms with Crippen LogP contribution in [0, 0.1) is 27.7 Å². The molecule has 0 radical (unpaired) electrons. The van der Waals surface area contributed by atoms with E-state index in [4.69, 9.17) is 0 Å². The Balaban J connectivity index is 1.91. The molecule has 0 aliphatic heterocycles. The summed E-state index contributed by atoms with van der Waals surface area (Å²) in [4.78, 5) is 14.6. The van der Waals surface area contributed by atoms with Crippen LogP contribution in [0.4, 0.5) is 5.69 Å². The van der Waals surface area contributed by atoms with E-state index in [0.29, 0.717) is 0 Å².